The smallest absolute Gasteiger partial charge is 0.0597 e. The summed E-state index contributed by atoms with van der Waals surface area (Å²) in [5, 5.41) is 8.62. The molecule has 0 aliphatic heterocycles. The predicted octanol–water partition coefficient (Wildman–Crippen LogP) is 7.74. The molecule has 1 aliphatic rings. The number of nitrogens with one attached hydrogen (secondary N) is 1. The molecule has 0 saturated carbocycles. The Kier molecular flexibility index (Phi) is 10.1. The number of allylic oxidation sites excluding steroid dienone is 5. The molecule has 0 spiro atoms. The number of hydrogen-bond donors (Lipinski definition) is 1. The van der Waals surface area contributed by atoms with Gasteiger partial charge < -0.3 is 5.41 Å². The van der Waals surface area contributed by atoms with Crippen molar-refractivity contribution >= 4 is 5.71 Å². The van der Waals surface area contributed by atoms with E-state index in [0.717, 1.165) is 43.1 Å². The lowest BCUT2D eigenvalue weighted by Crippen LogP contribution is -2.18. The summed E-state index contributed by atoms with van der Waals surface area (Å²) in [7, 11) is 0. The van der Waals surface area contributed by atoms with Crippen LogP contribution in [0.2, 0.25) is 0 Å². The lowest BCUT2D eigenvalue weighted by atomic mass is 9.80. The molecule has 0 fully saturated rings. The van der Waals surface area contributed by atoms with Gasteiger partial charge in [-0.25, -0.2) is 0 Å². The fraction of sp³-hybridized carbons (Fsp3) is 0.708. The van der Waals surface area contributed by atoms with E-state index >= 15 is 0 Å². The summed E-state index contributed by atoms with van der Waals surface area (Å²) < 4.78 is 0. The van der Waals surface area contributed by atoms with Crippen molar-refractivity contribution in [1.29, 1.82) is 5.41 Å². The van der Waals surface area contributed by atoms with Crippen LogP contribution in [0.3, 0.4) is 0 Å². The Labute approximate surface area is 157 Å². The van der Waals surface area contributed by atoms with Crippen LogP contribution in [-0.4, -0.2) is 5.71 Å². The van der Waals surface area contributed by atoms with Crippen LogP contribution in [0.4, 0.5) is 0 Å². The maximum Gasteiger partial charge on any atom is 0.0597 e. The fourth-order valence-corrected chi connectivity index (χ4v) is 3.64. The molecule has 25 heavy (non-hydrogen) atoms. The topological polar surface area (TPSA) is 23.9 Å². The van der Waals surface area contributed by atoms with Crippen LogP contribution in [0.15, 0.2) is 36.0 Å². The Morgan fingerprint density at radius 1 is 1.08 bits per heavy atom. The molecule has 0 aromatic rings. The molecule has 0 amide bonds. The van der Waals surface area contributed by atoms with Gasteiger partial charge in [0.25, 0.3) is 0 Å². The van der Waals surface area contributed by atoms with Crippen molar-refractivity contribution in [3.8, 4) is 0 Å². The van der Waals surface area contributed by atoms with Crippen molar-refractivity contribution in [1.82, 2.24) is 0 Å². The minimum atomic E-state index is 0.397. The molecule has 0 saturated heterocycles. The average molecular weight is 344 g/mol. The molecule has 1 rings (SSSR count). The number of rotatable bonds is 10. The van der Waals surface area contributed by atoms with Crippen molar-refractivity contribution in [3.05, 3.63) is 36.0 Å². The normalized spacial score (nSPS) is 20.0. The van der Waals surface area contributed by atoms with Gasteiger partial charge in [-0.3, -0.25) is 0 Å². The minimum absolute atomic E-state index is 0.397. The summed E-state index contributed by atoms with van der Waals surface area (Å²) in [6.07, 6.45) is 16.1. The largest absolute Gasteiger partial charge is 0.300 e. The molecule has 142 valence electrons. The molecule has 4 atom stereocenters. The molecule has 0 radical (unpaired) electrons. The Bertz CT molecular complexity index is 482. The highest BCUT2D eigenvalue weighted by Crippen LogP contribution is 2.29. The molecule has 1 nitrogen and oxygen atoms in total. The van der Waals surface area contributed by atoms with E-state index in [-0.39, 0.29) is 0 Å². The molecule has 1 heteroatoms. The molecule has 1 aliphatic carbocycles. The first kappa shape index (κ1) is 21.9. The van der Waals surface area contributed by atoms with Gasteiger partial charge in [-0.2, -0.15) is 0 Å². The van der Waals surface area contributed by atoms with Gasteiger partial charge >= 0.3 is 0 Å². The fourth-order valence-electron chi connectivity index (χ4n) is 3.64. The monoisotopic (exact) mass is 343 g/mol. The average Bonchev–Trinajstić information content (AvgIpc) is 2.58. The van der Waals surface area contributed by atoms with E-state index < -0.39 is 0 Å². The van der Waals surface area contributed by atoms with Crippen molar-refractivity contribution < 1.29 is 0 Å². The lowest BCUT2D eigenvalue weighted by molar-refractivity contribution is 0.320. The zero-order valence-corrected chi connectivity index (χ0v) is 17.4. The van der Waals surface area contributed by atoms with Crippen LogP contribution in [0, 0.1) is 29.1 Å². The molecular weight excluding hydrogens is 302 g/mol. The van der Waals surface area contributed by atoms with Gasteiger partial charge in [-0.05, 0) is 60.5 Å². The van der Waals surface area contributed by atoms with Gasteiger partial charge in [-0.15, -0.1) is 0 Å². The molecule has 1 N–H and O–H groups in total. The summed E-state index contributed by atoms with van der Waals surface area (Å²) in [6.45, 7) is 16.0. The second kappa shape index (κ2) is 11.5. The summed E-state index contributed by atoms with van der Waals surface area (Å²) >= 11 is 0. The third-order valence-corrected chi connectivity index (χ3v) is 6.46. The number of hydrogen-bond acceptors (Lipinski definition) is 1. The van der Waals surface area contributed by atoms with Crippen molar-refractivity contribution in [2.45, 2.75) is 86.0 Å². The summed E-state index contributed by atoms with van der Waals surface area (Å²) in [5.74, 6) is 2.65. The molecule has 0 bridgehead atoms. The van der Waals surface area contributed by atoms with E-state index in [4.69, 9.17) is 5.41 Å². The van der Waals surface area contributed by atoms with Crippen LogP contribution >= 0.6 is 0 Å². The zero-order valence-electron chi connectivity index (χ0n) is 17.4. The van der Waals surface area contributed by atoms with E-state index in [1.807, 2.05) is 0 Å². The maximum atomic E-state index is 8.62. The summed E-state index contributed by atoms with van der Waals surface area (Å²) in [4.78, 5) is 0. The van der Waals surface area contributed by atoms with Crippen molar-refractivity contribution in [3.63, 3.8) is 0 Å². The Morgan fingerprint density at radius 2 is 1.76 bits per heavy atom. The minimum Gasteiger partial charge on any atom is -0.300 e. The van der Waals surface area contributed by atoms with Crippen molar-refractivity contribution in [2.75, 3.05) is 0 Å². The molecular formula is C24H41N. The van der Waals surface area contributed by atoms with Crippen LogP contribution in [-0.2, 0) is 0 Å². The first-order valence-electron chi connectivity index (χ1n) is 10.5. The molecule has 0 heterocycles. The second-order valence-corrected chi connectivity index (χ2v) is 8.29. The van der Waals surface area contributed by atoms with Gasteiger partial charge in [0.2, 0.25) is 0 Å². The lowest BCUT2D eigenvalue weighted by Gasteiger charge is -2.25. The highest BCUT2D eigenvalue weighted by atomic mass is 14.4. The third-order valence-electron chi connectivity index (χ3n) is 6.46. The standard InChI is InChI=1S/C24H41N/c1-7-18(2)19(3)14-13-15-20(4)21(5)22(6)24(25)23-16-11-9-8-10-12-17-23/h8-9,16,18-21,25H,6-7,10-15,17H2,1-5H3. The first-order valence-corrected chi connectivity index (χ1v) is 10.5. The quantitative estimate of drug-likeness (QED) is 0.310. The maximum absolute atomic E-state index is 8.62. The van der Waals surface area contributed by atoms with Crippen LogP contribution in [0.5, 0.6) is 0 Å². The van der Waals surface area contributed by atoms with Crippen LogP contribution in [0.1, 0.15) is 86.0 Å². The highest BCUT2D eigenvalue weighted by molar-refractivity contribution is 6.10. The van der Waals surface area contributed by atoms with E-state index in [2.05, 4.69) is 59.4 Å². The Hall–Kier alpha value is -1.11. The van der Waals surface area contributed by atoms with E-state index in [9.17, 15) is 0 Å². The van der Waals surface area contributed by atoms with Crippen LogP contribution in [0.25, 0.3) is 0 Å². The molecule has 4 unspecified atom stereocenters. The van der Waals surface area contributed by atoms with E-state index in [1.54, 1.807) is 0 Å². The predicted molar refractivity (Wildman–Crippen MR) is 113 cm³/mol. The molecule has 0 aromatic heterocycles. The Balaban J connectivity index is 2.50. The van der Waals surface area contributed by atoms with E-state index in [1.165, 1.54) is 31.3 Å². The highest BCUT2D eigenvalue weighted by Gasteiger charge is 2.21. The third kappa shape index (κ3) is 7.34. The second-order valence-electron chi connectivity index (χ2n) is 8.29. The SMILES string of the molecule is C=C(C(=N)C1=CCC=CCCC1)C(C)C(C)CCCC(C)C(C)CC. The molecule has 0 aromatic carbocycles. The summed E-state index contributed by atoms with van der Waals surface area (Å²) in [6, 6.07) is 0. The van der Waals surface area contributed by atoms with Gasteiger partial charge in [0.15, 0.2) is 0 Å². The van der Waals surface area contributed by atoms with Gasteiger partial charge in [0.05, 0.1) is 5.71 Å². The zero-order chi connectivity index (χ0) is 18.8. The summed E-state index contributed by atoms with van der Waals surface area (Å²) in [5.41, 5.74) is 2.96. The van der Waals surface area contributed by atoms with Gasteiger partial charge in [-0.1, -0.05) is 85.1 Å². The van der Waals surface area contributed by atoms with Crippen LogP contribution < -0.4 is 0 Å². The van der Waals surface area contributed by atoms with E-state index in [0.29, 0.717) is 17.5 Å². The van der Waals surface area contributed by atoms with Gasteiger partial charge in [0.1, 0.15) is 0 Å². The van der Waals surface area contributed by atoms with Gasteiger partial charge in [0, 0.05) is 0 Å². The van der Waals surface area contributed by atoms with Crippen molar-refractivity contribution in [2.24, 2.45) is 23.7 Å². The Morgan fingerprint density at radius 3 is 2.44 bits per heavy atom. The first-order chi connectivity index (χ1) is 11.9.